The Bertz CT molecular complexity index is 2030. The minimum absolute atomic E-state index is 0.0177. The van der Waals surface area contributed by atoms with Crippen molar-refractivity contribution in [3.8, 4) is 17.3 Å². The summed E-state index contributed by atoms with van der Waals surface area (Å²) in [5.74, 6) is -1.30. The van der Waals surface area contributed by atoms with Gasteiger partial charge in [0.2, 0.25) is 27.7 Å². The smallest absolute Gasteiger partial charge is 0.408 e. The van der Waals surface area contributed by atoms with Crippen LogP contribution >= 0.6 is 22.6 Å². The van der Waals surface area contributed by atoms with Gasteiger partial charge in [-0.05, 0) is 57.6 Å². The Morgan fingerprint density at radius 1 is 0.962 bits per heavy atom. The van der Waals surface area contributed by atoms with Crippen molar-refractivity contribution < 1.29 is 37.1 Å². The molecule has 5 atom stereocenters. The molecule has 2 saturated carbocycles. The van der Waals surface area contributed by atoms with Crippen molar-refractivity contribution in [2.24, 2.45) is 5.41 Å². The number of aromatic nitrogens is 2. The maximum Gasteiger partial charge on any atom is 0.408 e. The number of para-hydroxylation sites is 1. The molecule has 14 nitrogen and oxygen atoms in total. The number of amides is 4. The van der Waals surface area contributed by atoms with Crippen molar-refractivity contribution in [2.75, 3.05) is 6.54 Å². The van der Waals surface area contributed by atoms with Crippen molar-refractivity contribution >= 4 is 67.3 Å². The largest absolute Gasteiger partial charge is 0.472 e. The molecule has 1 aliphatic heterocycles. The summed E-state index contributed by atoms with van der Waals surface area (Å²) in [5.41, 5.74) is -1.70. The van der Waals surface area contributed by atoms with Gasteiger partial charge < -0.3 is 25.0 Å². The van der Waals surface area contributed by atoms with Gasteiger partial charge in [-0.1, -0.05) is 85.8 Å². The van der Waals surface area contributed by atoms with Crippen LogP contribution < -0.4 is 20.1 Å². The van der Waals surface area contributed by atoms with Crippen molar-refractivity contribution in [1.82, 2.24) is 30.2 Å². The quantitative estimate of drug-likeness (QED) is 0.197. The SMILES string of the molecule is CC(C)(C)OC(=O)NC(C(=O)N1C[C@H](Oc2nc(-c3ccccc3)nc3ccccc23)CC1C(=O)N[C@]1(C(=O)NS(=O)(=O)C2CC2)C[C@H]1I)C(C)(C)C. The fourth-order valence-electron chi connectivity index (χ4n) is 6.26. The molecule has 53 heavy (non-hydrogen) atoms. The number of hydrogen-bond donors (Lipinski definition) is 3. The first kappa shape index (κ1) is 38.7. The first-order chi connectivity index (χ1) is 24.8. The van der Waals surface area contributed by atoms with E-state index in [4.69, 9.17) is 19.4 Å². The van der Waals surface area contributed by atoms with Crippen molar-refractivity contribution in [3.63, 3.8) is 0 Å². The molecule has 3 aliphatic rings. The fourth-order valence-corrected chi connectivity index (χ4v) is 8.75. The van der Waals surface area contributed by atoms with Gasteiger partial charge in [-0.25, -0.2) is 18.2 Å². The molecule has 2 aliphatic carbocycles. The highest BCUT2D eigenvalue weighted by Gasteiger charge is 2.62. The Morgan fingerprint density at radius 3 is 2.21 bits per heavy atom. The molecule has 0 spiro atoms. The van der Waals surface area contributed by atoms with Crippen LogP contribution in [0.1, 0.15) is 67.2 Å². The molecular weight excluding hydrogens is 815 g/mol. The molecule has 0 radical (unpaired) electrons. The number of alkyl halides is 1. The summed E-state index contributed by atoms with van der Waals surface area (Å²) in [7, 11) is -3.87. The van der Waals surface area contributed by atoms with Crippen molar-refractivity contribution in [2.45, 2.75) is 106 Å². The number of likely N-dealkylation sites (tertiary alicyclic amines) is 1. The highest BCUT2D eigenvalue weighted by molar-refractivity contribution is 14.1. The van der Waals surface area contributed by atoms with Crippen molar-refractivity contribution in [3.05, 3.63) is 54.6 Å². The van der Waals surface area contributed by atoms with Gasteiger partial charge in [-0.2, -0.15) is 4.98 Å². The number of hydrogen-bond acceptors (Lipinski definition) is 10. The van der Waals surface area contributed by atoms with Gasteiger partial charge >= 0.3 is 6.09 Å². The second kappa shape index (κ2) is 14.3. The average Bonchev–Trinajstić information content (AvgIpc) is 3.99. The molecule has 3 fully saturated rings. The Labute approximate surface area is 322 Å². The Morgan fingerprint density at radius 2 is 1.60 bits per heavy atom. The Hall–Kier alpha value is -4.06. The van der Waals surface area contributed by atoms with E-state index in [0.717, 1.165) is 5.56 Å². The first-order valence-corrected chi connectivity index (χ1v) is 20.4. The van der Waals surface area contributed by atoms with Crippen LogP contribution in [0.2, 0.25) is 0 Å². The Kier molecular flexibility index (Phi) is 10.4. The van der Waals surface area contributed by atoms with Crippen LogP contribution in [0.5, 0.6) is 5.88 Å². The molecule has 6 rings (SSSR count). The van der Waals surface area contributed by atoms with E-state index in [1.165, 1.54) is 4.90 Å². The van der Waals surface area contributed by atoms with E-state index in [0.29, 0.717) is 29.6 Å². The third-order valence-corrected chi connectivity index (χ3v) is 12.6. The summed E-state index contributed by atoms with van der Waals surface area (Å²) in [6, 6.07) is 14.5. The maximum absolute atomic E-state index is 14.5. The number of benzene rings is 2. The molecule has 3 N–H and O–H groups in total. The zero-order chi connectivity index (χ0) is 38.5. The van der Waals surface area contributed by atoms with Crippen molar-refractivity contribution in [1.29, 1.82) is 0 Å². The topological polar surface area (TPSA) is 186 Å². The van der Waals surface area contributed by atoms with E-state index in [1.807, 2.05) is 77.2 Å². The molecule has 2 aromatic carbocycles. The van der Waals surface area contributed by atoms with Crippen LogP contribution in [0, 0.1) is 5.41 Å². The van der Waals surface area contributed by atoms with Crippen LogP contribution in [0.25, 0.3) is 22.3 Å². The van der Waals surface area contributed by atoms with E-state index in [9.17, 15) is 27.6 Å². The lowest BCUT2D eigenvalue weighted by atomic mass is 9.85. The molecule has 4 amide bonds. The number of halogens is 1. The van der Waals surface area contributed by atoms with Crippen LogP contribution in [-0.2, 0) is 29.1 Å². The van der Waals surface area contributed by atoms with E-state index >= 15 is 0 Å². The summed E-state index contributed by atoms with van der Waals surface area (Å²) in [5, 5.41) is 5.53. The predicted octanol–water partition coefficient (Wildman–Crippen LogP) is 4.26. The van der Waals surface area contributed by atoms with Gasteiger partial charge in [0.25, 0.3) is 5.91 Å². The minimum atomic E-state index is -3.87. The summed E-state index contributed by atoms with van der Waals surface area (Å²) >= 11 is 2.01. The average molecular weight is 861 g/mol. The molecule has 3 aromatic rings. The molecule has 0 bridgehead atoms. The minimum Gasteiger partial charge on any atom is -0.472 e. The van der Waals surface area contributed by atoms with Gasteiger partial charge in [-0.15, -0.1) is 0 Å². The molecule has 16 heteroatoms. The van der Waals surface area contributed by atoms with Gasteiger partial charge in [-0.3, -0.25) is 19.1 Å². The molecule has 1 aromatic heterocycles. The van der Waals surface area contributed by atoms with Crippen LogP contribution in [0.3, 0.4) is 0 Å². The standard InChI is InChI=1S/C37H45IN6O8S/c1-35(2,3)28(40-34(48)52-36(4,5)6)32(46)44-20-22(51-31-24-14-10-11-15-25(24)39-29(41-31)21-12-8-7-9-13-21)18-26(44)30(45)42-37(19-27(37)38)33(47)43-53(49,50)23-16-17-23/h7-15,22-23,26-28H,16-20H2,1-6H3,(H,40,48)(H,42,45)(H,43,47)/t22-,26?,27-,28?,37-/m1/s1. The zero-order valence-electron chi connectivity index (χ0n) is 30.5. The summed E-state index contributed by atoms with van der Waals surface area (Å²) in [4.78, 5) is 66.1. The number of rotatable bonds is 10. The van der Waals surface area contributed by atoms with Gasteiger partial charge in [0, 0.05) is 15.9 Å². The lowest BCUT2D eigenvalue weighted by Crippen LogP contribution is -2.60. The third kappa shape index (κ3) is 8.68. The number of alkyl carbamates (subject to hydrolysis) is 1. The normalized spacial score (nSPS) is 23.5. The first-order valence-electron chi connectivity index (χ1n) is 17.6. The lowest BCUT2D eigenvalue weighted by Gasteiger charge is -2.36. The summed E-state index contributed by atoms with van der Waals surface area (Å²) in [6.07, 6.45) is -0.366. The molecule has 284 valence electrons. The summed E-state index contributed by atoms with van der Waals surface area (Å²) in [6.45, 7) is 10.4. The summed E-state index contributed by atoms with van der Waals surface area (Å²) < 4.78 is 39.1. The molecule has 1 saturated heterocycles. The third-order valence-electron chi connectivity index (χ3n) is 9.33. The highest BCUT2D eigenvalue weighted by atomic mass is 127. The Balaban J connectivity index is 1.31. The number of carbonyl (C=O) groups excluding carboxylic acids is 4. The lowest BCUT2D eigenvalue weighted by molar-refractivity contribution is -0.142. The number of nitrogens with one attached hydrogen (secondary N) is 3. The number of carbonyl (C=O) groups is 4. The van der Waals surface area contributed by atoms with E-state index < -0.39 is 73.8 Å². The van der Waals surface area contributed by atoms with Gasteiger partial charge in [0.1, 0.15) is 29.3 Å². The predicted molar refractivity (Wildman–Crippen MR) is 206 cm³/mol. The highest BCUT2D eigenvalue weighted by Crippen LogP contribution is 2.44. The maximum atomic E-state index is 14.5. The number of sulfonamides is 1. The van der Waals surface area contributed by atoms with Gasteiger partial charge in [0.15, 0.2) is 5.82 Å². The molecule has 2 unspecified atom stereocenters. The molecular formula is C37H45IN6O8S. The van der Waals surface area contributed by atoms with Crippen LogP contribution in [0.4, 0.5) is 4.79 Å². The van der Waals surface area contributed by atoms with E-state index in [1.54, 1.807) is 41.5 Å². The van der Waals surface area contributed by atoms with E-state index in [-0.39, 0.29) is 29.2 Å². The number of ether oxygens (including phenoxy) is 2. The van der Waals surface area contributed by atoms with Crippen LogP contribution in [0.15, 0.2) is 54.6 Å². The van der Waals surface area contributed by atoms with Gasteiger partial charge in [0.05, 0.1) is 22.7 Å². The second-order valence-electron chi connectivity index (χ2n) is 16.0. The van der Waals surface area contributed by atoms with Crippen LogP contribution in [-0.4, -0.2) is 92.1 Å². The number of fused-ring (bicyclic) bond motifs is 1. The van der Waals surface area contributed by atoms with E-state index in [2.05, 4.69) is 15.4 Å². The zero-order valence-corrected chi connectivity index (χ0v) is 33.5. The fraction of sp³-hybridized carbons (Fsp3) is 0.514. The molecule has 2 heterocycles. The second-order valence-corrected chi connectivity index (χ2v) is 19.4. The number of nitrogens with zero attached hydrogens (tertiary/aromatic N) is 3. The monoisotopic (exact) mass is 860 g/mol.